The summed E-state index contributed by atoms with van der Waals surface area (Å²) < 4.78 is 7.59. The highest BCUT2D eigenvalue weighted by Gasteiger charge is 2.53. The number of oxime groups is 1. The molecule has 2 aromatic heterocycles. The van der Waals surface area contributed by atoms with Gasteiger partial charge in [0, 0.05) is 22.9 Å². The maximum atomic E-state index is 12.9. The minimum atomic E-state index is -1.47. The Morgan fingerprint density at radius 2 is 2.17 bits per heavy atom. The summed E-state index contributed by atoms with van der Waals surface area (Å²) in [6.45, 7) is 0.243. The zero-order valence-electron chi connectivity index (χ0n) is 18.1. The van der Waals surface area contributed by atoms with Crippen molar-refractivity contribution in [2.24, 2.45) is 12.2 Å². The third kappa shape index (κ3) is 3.77. The Bertz CT molecular complexity index is 1440. The molecule has 1 aromatic carbocycles. The largest absolute Gasteiger partial charge is 0.543 e. The molecule has 2 atom stereocenters. The Morgan fingerprint density at radius 1 is 1.40 bits per heavy atom. The number of carbonyl (C=O) groups excluding carboxylic acids is 3. The fraction of sp³-hybridized carbons (Fsp3) is 0.250. The topological polar surface area (TPSA) is 183 Å². The second kappa shape index (κ2) is 8.66. The van der Waals surface area contributed by atoms with Gasteiger partial charge >= 0.3 is 0 Å². The summed E-state index contributed by atoms with van der Waals surface area (Å²) in [6.07, 6.45) is 1.90. The van der Waals surface area contributed by atoms with Crippen molar-refractivity contribution in [3.63, 3.8) is 0 Å². The number of para-hydroxylation sites is 1. The lowest BCUT2D eigenvalue weighted by Gasteiger charge is -2.50. The summed E-state index contributed by atoms with van der Waals surface area (Å²) >= 11 is 2.13. The molecule has 2 aliphatic rings. The van der Waals surface area contributed by atoms with E-state index < -0.39 is 34.9 Å². The van der Waals surface area contributed by atoms with Crippen molar-refractivity contribution < 1.29 is 29.4 Å². The number of amides is 2. The summed E-state index contributed by atoms with van der Waals surface area (Å²) in [7, 11) is 1.87. The molecule has 1 fully saturated rings. The molecule has 2 amide bonds. The Hall–Kier alpha value is -3.98. The second-order valence-corrected chi connectivity index (χ2v) is 9.70. The number of aromatic nitrogens is 4. The number of nitrogens with one attached hydrogen (secondary N) is 1. The molecule has 0 radical (unpaired) electrons. The van der Waals surface area contributed by atoms with E-state index in [1.165, 1.54) is 11.8 Å². The van der Waals surface area contributed by atoms with Crippen molar-refractivity contribution in [3.05, 3.63) is 47.6 Å². The molecule has 5 rings (SSSR count). The Labute approximate surface area is 205 Å². The van der Waals surface area contributed by atoms with Gasteiger partial charge in [-0.1, -0.05) is 17.3 Å². The van der Waals surface area contributed by atoms with Crippen molar-refractivity contribution in [3.8, 4) is 0 Å². The molecule has 4 heterocycles. The number of benzene rings is 1. The molecule has 0 aliphatic carbocycles. The van der Waals surface area contributed by atoms with Gasteiger partial charge in [0.1, 0.15) is 16.9 Å². The van der Waals surface area contributed by atoms with Crippen LogP contribution in [0.25, 0.3) is 10.9 Å². The van der Waals surface area contributed by atoms with Gasteiger partial charge in [-0.2, -0.15) is 14.0 Å². The fourth-order valence-electron chi connectivity index (χ4n) is 4.15. The zero-order valence-corrected chi connectivity index (χ0v) is 19.7. The van der Waals surface area contributed by atoms with E-state index in [4.69, 9.17) is 5.73 Å². The van der Waals surface area contributed by atoms with E-state index in [0.29, 0.717) is 11.3 Å². The van der Waals surface area contributed by atoms with E-state index in [9.17, 15) is 24.7 Å². The first-order valence-corrected chi connectivity index (χ1v) is 12.1. The number of carboxylic acid groups (broad SMARTS) is 1. The van der Waals surface area contributed by atoms with Crippen LogP contribution in [0.15, 0.2) is 46.9 Å². The third-order valence-corrected chi connectivity index (χ3v) is 7.69. The molecule has 3 aromatic rings. The maximum Gasteiger partial charge on any atom is 0.278 e. The highest BCUT2D eigenvalue weighted by Crippen LogP contribution is 2.40. The highest BCUT2D eigenvalue weighted by atomic mass is 32.2. The number of nitrogen functional groups attached to an aromatic ring is 1. The summed E-state index contributed by atoms with van der Waals surface area (Å²) in [5.41, 5.74) is 6.29. The fourth-order valence-corrected chi connectivity index (χ4v) is 5.92. The number of thioether (sulfide) groups is 1. The van der Waals surface area contributed by atoms with Crippen LogP contribution in [0.1, 0.15) is 5.82 Å². The number of anilines is 1. The molecule has 0 saturated carbocycles. The number of carboxylic acids is 1. The average molecular weight is 515 g/mol. The average Bonchev–Trinajstić information content (AvgIpc) is 3.40. The van der Waals surface area contributed by atoms with Crippen LogP contribution in [0.2, 0.25) is 0 Å². The van der Waals surface area contributed by atoms with E-state index in [-0.39, 0.29) is 23.2 Å². The molecule has 4 N–H and O–H groups in total. The van der Waals surface area contributed by atoms with Gasteiger partial charge < -0.3 is 26.2 Å². The molecule has 0 spiro atoms. The maximum absolute atomic E-state index is 12.9. The van der Waals surface area contributed by atoms with Gasteiger partial charge in [0.05, 0.1) is 24.1 Å². The van der Waals surface area contributed by atoms with Crippen molar-refractivity contribution in [1.82, 2.24) is 24.3 Å². The van der Waals surface area contributed by atoms with Gasteiger partial charge in [0.25, 0.3) is 11.8 Å². The van der Waals surface area contributed by atoms with Crippen molar-refractivity contribution in [2.75, 3.05) is 11.5 Å². The molecule has 180 valence electrons. The first kappa shape index (κ1) is 22.8. The molecule has 0 bridgehead atoms. The van der Waals surface area contributed by atoms with Crippen molar-refractivity contribution in [2.45, 2.75) is 18.0 Å². The van der Waals surface area contributed by atoms with E-state index in [1.54, 1.807) is 0 Å². The summed E-state index contributed by atoms with van der Waals surface area (Å²) in [5, 5.41) is 27.1. The standard InChI is InChI=1S/C20H18N8O5S2/c1-26-11-5-3-2-4-9(11)6-27(26)7-10-8-34-18-13(17(30)28(18)14(10)19(31)32)22-16(29)12(24-33)15-23-20(21)35-25-15/h2-6,13,18H,7-8H2,1H3,(H4-,21,22,23,25,29,31,32,33)/t13-,18-/m1/s1. The van der Waals surface area contributed by atoms with E-state index in [0.717, 1.165) is 27.3 Å². The number of nitrogens with two attached hydrogens (primary N) is 1. The minimum absolute atomic E-state index is 0.0722. The monoisotopic (exact) mass is 514 g/mol. The minimum Gasteiger partial charge on any atom is -0.543 e. The number of aliphatic carboxylic acids is 1. The van der Waals surface area contributed by atoms with Crippen LogP contribution in [0.4, 0.5) is 5.13 Å². The van der Waals surface area contributed by atoms with E-state index in [1.807, 2.05) is 46.9 Å². The number of β-lactam (4-membered cyclic amide) rings is 1. The van der Waals surface area contributed by atoms with Gasteiger partial charge in [-0.15, -0.1) is 16.4 Å². The molecular formula is C20H18N8O5S2. The molecule has 13 nitrogen and oxygen atoms in total. The van der Waals surface area contributed by atoms with Crippen LogP contribution >= 0.6 is 23.3 Å². The molecule has 15 heteroatoms. The van der Waals surface area contributed by atoms with Crippen LogP contribution in [0.5, 0.6) is 0 Å². The normalized spacial score (nSPS) is 20.1. The lowest BCUT2D eigenvalue weighted by Crippen LogP contribution is -2.71. The lowest BCUT2D eigenvalue weighted by atomic mass is 10.0. The van der Waals surface area contributed by atoms with Crippen LogP contribution < -0.4 is 20.8 Å². The second-order valence-electron chi connectivity index (χ2n) is 7.81. The van der Waals surface area contributed by atoms with Crippen LogP contribution in [0.3, 0.4) is 0 Å². The summed E-state index contributed by atoms with van der Waals surface area (Å²) in [6, 6.07) is 6.72. The molecule has 35 heavy (non-hydrogen) atoms. The molecular weight excluding hydrogens is 496 g/mol. The number of hydrogen-bond donors (Lipinski definition) is 3. The van der Waals surface area contributed by atoms with Crippen LogP contribution in [-0.4, -0.2) is 64.8 Å². The Kier molecular flexibility index (Phi) is 5.64. The van der Waals surface area contributed by atoms with Gasteiger partial charge in [0.15, 0.2) is 11.7 Å². The highest BCUT2D eigenvalue weighted by molar-refractivity contribution is 8.00. The summed E-state index contributed by atoms with van der Waals surface area (Å²) in [5.74, 6) is -2.85. The third-order valence-electron chi connectivity index (χ3n) is 5.81. The quantitative estimate of drug-likeness (QED) is 0.112. The van der Waals surface area contributed by atoms with E-state index in [2.05, 4.69) is 19.8 Å². The first-order chi connectivity index (χ1) is 16.8. The van der Waals surface area contributed by atoms with Crippen LogP contribution in [-0.2, 0) is 28.0 Å². The van der Waals surface area contributed by atoms with E-state index >= 15 is 0 Å². The van der Waals surface area contributed by atoms with Crippen LogP contribution in [0, 0.1) is 0 Å². The zero-order chi connectivity index (χ0) is 24.9. The van der Waals surface area contributed by atoms with Gasteiger partial charge in [-0.25, -0.2) is 0 Å². The number of fused-ring (bicyclic) bond motifs is 2. The predicted molar refractivity (Wildman–Crippen MR) is 123 cm³/mol. The Balaban J connectivity index is 1.37. The molecule has 2 aliphatic heterocycles. The number of carbonyl (C=O) groups is 3. The van der Waals surface area contributed by atoms with Crippen molar-refractivity contribution in [1.29, 1.82) is 0 Å². The smallest absolute Gasteiger partial charge is 0.278 e. The van der Waals surface area contributed by atoms with Crippen molar-refractivity contribution >= 4 is 62.8 Å². The number of nitrogens with zero attached hydrogens (tertiary/aromatic N) is 6. The number of aryl methyl sites for hydroxylation is 1. The molecule has 1 saturated heterocycles. The SMILES string of the molecule is Cn1c2ccccc2c[n+]1CC1=C(C(=O)[O-])N2C(=O)[C@@H](NC(=O)/C(=N\O)c3nsc(N)n3)[C@H]2SC1. The summed E-state index contributed by atoms with van der Waals surface area (Å²) in [4.78, 5) is 42.5. The predicted octanol–water partition coefficient (Wildman–Crippen LogP) is -1.82. The lowest BCUT2D eigenvalue weighted by molar-refractivity contribution is -0.764. The Morgan fingerprint density at radius 3 is 2.83 bits per heavy atom. The number of rotatable bonds is 6. The van der Waals surface area contributed by atoms with Gasteiger partial charge in [0.2, 0.25) is 17.7 Å². The van der Waals surface area contributed by atoms with Gasteiger partial charge in [-0.3, -0.25) is 14.5 Å². The van der Waals surface area contributed by atoms with Gasteiger partial charge in [-0.05, 0) is 12.1 Å². The molecule has 0 unspecified atom stereocenters. The number of hydrogen-bond acceptors (Lipinski definition) is 11. The first-order valence-electron chi connectivity index (χ1n) is 10.2.